The van der Waals surface area contributed by atoms with Crippen LogP contribution in [0.2, 0.25) is 0 Å². The molecule has 5 nitrogen and oxygen atoms in total. The number of aryl methyl sites for hydroxylation is 2. The number of fused-ring (bicyclic) bond motifs is 1. The molecule has 0 saturated heterocycles. The fourth-order valence-corrected chi connectivity index (χ4v) is 3.56. The maximum atomic E-state index is 13.1. The Morgan fingerprint density at radius 3 is 2.29 bits per heavy atom. The highest BCUT2D eigenvalue weighted by Gasteiger charge is 2.19. The number of Topliss-reactive ketones (excluding diaryl/α,β-unsaturated/α-hetero) is 1. The van der Waals surface area contributed by atoms with Crippen LogP contribution in [0.25, 0.3) is 16.8 Å². The number of benzene rings is 2. The minimum Gasteiger partial charge on any atom is -0.299 e. The third kappa shape index (κ3) is 3.27. The highest BCUT2D eigenvalue weighted by molar-refractivity contribution is 5.84. The van der Waals surface area contributed by atoms with Gasteiger partial charge in [0.15, 0.2) is 5.65 Å². The van der Waals surface area contributed by atoms with Crippen LogP contribution < -0.4 is 5.56 Å². The molecule has 2 aromatic heterocycles. The maximum absolute atomic E-state index is 13.1. The summed E-state index contributed by atoms with van der Waals surface area (Å²) in [7, 11) is 0. The molecule has 0 aliphatic rings. The molecule has 0 fully saturated rings. The molecule has 0 aliphatic heterocycles. The topological polar surface area (TPSA) is 67.2 Å². The zero-order valence-electron chi connectivity index (χ0n) is 15.9. The van der Waals surface area contributed by atoms with Crippen molar-refractivity contribution in [3.8, 4) is 11.1 Å². The standard InChI is InChI=1S/C23H21N3O2/c1-15-20(14-19(27)13-17-9-5-3-6-10-17)23(28)26-22(24-15)21(16(2)25-26)18-11-7-4-8-12-18/h3-12,25H,13-14H2,1-2H3. The van der Waals surface area contributed by atoms with E-state index in [0.717, 1.165) is 22.4 Å². The lowest BCUT2D eigenvalue weighted by molar-refractivity contribution is -0.117. The second kappa shape index (κ2) is 7.27. The molecule has 0 amide bonds. The molecule has 1 N–H and O–H groups in total. The smallest absolute Gasteiger partial charge is 0.276 e. The molecule has 2 aromatic carbocycles. The van der Waals surface area contributed by atoms with Gasteiger partial charge in [0.2, 0.25) is 0 Å². The Morgan fingerprint density at radius 1 is 0.964 bits per heavy atom. The van der Waals surface area contributed by atoms with Gasteiger partial charge in [-0.05, 0) is 25.0 Å². The summed E-state index contributed by atoms with van der Waals surface area (Å²) in [5.74, 6) is -0.000268. The third-order valence-corrected chi connectivity index (χ3v) is 4.94. The van der Waals surface area contributed by atoms with Crippen LogP contribution in [0.5, 0.6) is 0 Å². The van der Waals surface area contributed by atoms with Gasteiger partial charge in [0.1, 0.15) is 5.78 Å². The molecule has 0 radical (unpaired) electrons. The monoisotopic (exact) mass is 371 g/mol. The average Bonchev–Trinajstić information content (AvgIpc) is 3.02. The Morgan fingerprint density at radius 2 is 1.61 bits per heavy atom. The molecular formula is C23H21N3O2. The van der Waals surface area contributed by atoms with Gasteiger partial charge >= 0.3 is 0 Å². The van der Waals surface area contributed by atoms with E-state index in [1.54, 1.807) is 6.92 Å². The summed E-state index contributed by atoms with van der Waals surface area (Å²) in [6.45, 7) is 3.72. The van der Waals surface area contributed by atoms with E-state index in [2.05, 4.69) is 10.1 Å². The SMILES string of the molecule is Cc1nc2c(-c3ccccc3)c(C)[nH]n2c(=O)c1CC(=O)Cc1ccccc1. The summed E-state index contributed by atoms with van der Waals surface area (Å²) in [5.41, 5.74) is 5.13. The lowest BCUT2D eigenvalue weighted by Gasteiger charge is -2.06. The van der Waals surface area contributed by atoms with E-state index >= 15 is 0 Å². The van der Waals surface area contributed by atoms with Gasteiger partial charge in [-0.15, -0.1) is 0 Å². The Hall–Kier alpha value is -3.47. The van der Waals surface area contributed by atoms with Gasteiger partial charge in [-0.25, -0.2) is 9.50 Å². The number of hydrogen-bond donors (Lipinski definition) is 1. The molecule has 4 aromatic rings. The molecule has 28 heavy (non-hydrogen) atoms. The van der Waals surface area contributed by atoms with Crippen molar-refractivity contribution < 1.29 is 4.79 Å². The number of rotatable bonds is 5. The van der Waals surface area contributed by atoms with Crippen molar-refractivity contribution in [2.24, 2.45) is 0 Å². The normalized spacial score (nSPS) is 11.1. The van der Waals surface area contributed by atoms with Crippen LogP contribution in [0, 0.1) is 13.8 Å². The van der Waals surface area contributed by atoms with Crippen LogP contribution in [-0.2, 0) is 17.6 Å². The minimum absolute atomic E-state index is 0.000268. The Bertz CT molecular complexity index is 1210. The molecule has 140 valence electrons. The summed E-state index contributed by atoms with van der Waals surface area (Å²) in [4.78, 5) is 30.3. The number of carbonyl (C=O) groups is 1. The van der Waals surface area contributed by atoms with Crippen molar-refractivity contribution in [3.63, 3.8) is 0 Å². The van der Waals surface area contributed by atoms with Gasteiger partial charge < -0.3 is 0 Å². The van der Waals surface area contributed by atoms with Crippen molar-refractivity contribution in [1.82, 2.24) is 14.6 Å². The van der Waals surface area contributed by atoms with Crippen LogP contribution >= 0.6 is 0 Å². The van der Waals surface area contributed by atoms with Crippen molar-refractivity contribution in [3.05, 3.63) is 93.5 Å². The van der Waals surface area contributed by atoms with E-state index in [0.29, 0.717) is 23.3 Å². The molecule has 0 unspecified atom stereocenters. The van der Waals surface area contributed by atoms with Gasteiger partial charge in [-0.2, -0.15) is 0 Å². The van der Waals surface area contributed by atoms with Crippen molar-refractivity contribution in [2.75, 3.05) is 0 Å². The van der Waals surface area contributed by atoms with Crippen LogP contribution in [0.15, 0.2) is 65.5 Å². The average molecular weight is 371 g/mol. The lowest BCUT2D eigenvalue weighted by Crippen LogP contribution is -2.24. The number of hydrogen-bond acceptors (Lipinski definition) is 3. The van der Waals surface area contributed by atoms with Crippen molar-refractivity contribution in [1.29, 1.82) is 0 Å². The van der Waals surface area contributed by atoms with Crippen LogP contribution in [0.1, 0.15) is 22.5 Å². The van der Waals surface area contributed by atoms with Crippen LogP contribution in [0.4, 0.5) is 0 Å². The molecule has 2 heterocycles. The van der Waals surface area contributed by atoms with Gasteiger partial charge in [0.05, 0.1) is 0 Å². The molecule has 0 bridgehead atoms. The number of nitrogens with zero attached hydrogens (tertiary/aromatic N) is 2. The zero-order chi connectivity index (χ0) is 19.7. The number of ketones is 1. The van der Waals surface area contributed by atoms with E-state index in [-0.39, 0.29) is 17.8 Å². The predicted molar refractivity (Wildman–Crippen MR) is 110 cm³/mol. The fourth-order valence-electron chi connectivity index (χ4n) is 3.56. The van der Waals surface area contributed by atoms with E-state index in [1.165, 1.54) is 4.52 Å². The van der Waals surface area contributed by atoms with Crippen molar-refractivity contribution in [2.45, 2.75) is 26.7 Å². The van der Waals surface area contributed by atoms with Crippen LogP contribution in [-0.4, -0.2) is 20.4 Å². The first-order valence-corrected chi connectivity index (χ1v) is 9.26. The molecule has 0 saturated carbocycles. The molecule has 4 rings (SSSR count). The third-order valence-electron chi connectivity index (χ3n) is 4.94. The van der Waals surface area contributed by atoms with Crippen LogP contribution in [0.3, 0.4) is 0 Å². The van der Waals surface area contributed by atoms with E-state index in [1.807, 2.05) is 67.6 Å². The lowest BCUT2D eigenvalue weighted by atomic mass is 10.0. The fraction of sp³-hybridized carbons (Fsp3) is 0.174. The first kappa shape index (κ1) is 17.9. The Kier molecular flexibility index (Phi) is 4.65. The molecule has 0 spiro atoms. The quantitative estimate of drug-likeness (QED) is 0.582. The largest absolute Gasteiger partial charge is 0.299 e. The second-order valence-electron chi connectivity index (χ2n) is 7.00. The molecule has 5 heteroatoms. The summed E-state index contributed by atoms with van der Waals surface area (Å²) >= 11 is 0. The molecule has 0 atom stereocenters. The Labute approximate surface area is 162 Å². The van der Waals surface area contributed by atoms with Gasteiger partial charge in [-0.3, -0.25) is 14.7 Å². The summed E-state index contributed by atoms with van der Waals surface area (Å²) in [6.07, 6.45) is 0.385. The first-order chi connectivity index (χ1) is 13.5. The number of carbonyl (C=O) groups excluding carboxylic acids is 1. The maximum Gasteiger partial charge on any atom is 0.276 e. The number of H-pyrrole nitrogens is 1. The van der Waals surface area contributed by atoms with Gasteiger partial charge in [0.25, 0.3) is 5.56 Å². The predicted octanol–water partition coefficient (Wildman–Crippen LogP) is 3.66. The minimum atomic E-state index is -0.214. The van der Waals surface area contributed by atoms with Crippen molar-refractivity contribution >= 4 is 11.4 Å². The second-order valence-corrected chi connectivity index (χ2v) is 7.00. The summed E-state index contributed by atoms with van der Waals surface area (Å²) in [6, 6.07) is 19.4. The highest BCUT2D eigenvalue weighted by atomic mass is 16.1. The number of nitrogens with one attached hydrogen (secondary N) is 1. The summed E-state index contributed by atoms with van der Waals surface area (Å²) in [5, 5.41) is 3.11. The van der Waals surface area contributed by atoms with E-state index in [9.17, 15) is 9.59 Å². The number of aromatic amines is 1. The Balaban J connectivity index is 1.73. The number of aromatic nitrogens is 3. The first-order valence-electron chi connectivity index (χ1n) is 9.26. The summed E-state index contributed by atoms with van der Waals surface area (Å²) < 4.78 is 1.45. The molecule has 0 aliphatic carbocycles. The molecular weight excluding hydrogens is 350 g/mol. The zero-order valence-corrected chi connectivity index (χ0v) is 15.9. The highest BCUT2D eigenvalue weighted by Crippen LogP contribution is 2.26. The van der Waals surface area contributed by atoms with Gasteiger partial charge in [-0.1, -0.05) is 60.7 Å². The van der Waals surface area contributed by atoms with E-state index in [4.69, 9.17) is 0 Å². The van der Waals surface area contributed by atoms with E-state index < -0.39 is 0 Å². The van der Waals surface area contributed by atoms with Gasteiger partial charge in [0, 0.05) is 35.4 Å².